The molecule has 0 bridgehead atoms. The lowest BCUT2D eigenvalue weighted by Crippen LogP contribution is -2.21. The summed E-state index contributed by atoms with van der Waals surface area (Å²) < 4.78 is 2.71. The Kier molecular flexibility index (Phi) is 6.75. The zero-order valence-corrected chi connectivity index (χ0v) is 17.7. The molecule has 2 aromatic carbocycles. The van der Waals surface area contributed by atoms with E-state index in [0.29, 0.717) is 29.4 Å². The molecule has 0 spiro atoms. The van der Waals surface area contributed by atoms with Crippen molar-refractivity contribution in [3.63, 3.8) is 0 Å². The first kappa shape index (κ1) is 20.7. The van der Waals surface area contributed by atoms with E-state index in [2.05, 4.69) is 15.8 Å². The number of aromatic nitrogens is 1. The van der Waals surface area contributed by atoms with Gasteiger partial charge in [0.15, 0.2) is 5.13 Å². The van der Waals surface area contributed by atoms with Crippen LogP contribution in [0.4, 0.5) is 10.8 Å². The smallest absolute Gasteiger partial charge is 0.280 e. The highest BCUT2D eigenvalue weighted by molar-refractivity contribution is 7.97. The molecule has 0 aliphatic carbocycles. The van der Waals surface area contributed by atoms with Gasteiger partial charge in [0, 0.05) is 23.4 Å². The number of benzene rings is 2. The van der Waals surface area contributed by atoms with Crippen LogP contribution in [0.1, 0.15) is 26.5 Å². The summed E-state index contributed by atoms with van der Waals surface area (Å²) in [6.45, 7) is 2.43. The second-order valence-corrected chi connectivity index (χ2v) is 8.02. The standard InChI is InChI=1S/C21H20N4O2S2/c1-14-19(20(27)24-28-2)23-21(29-14)25(17-9-7-15(13-22)8-10-17)12-11-16-5-3-4-6-18(16)26/h3-10,26H,11-12H2,1-2H3,(H,24,27). The SMILES string of the molecule is CSNC(=O)c1nc(N(CCc2ccccc2O)c2ccc(C#N)cc2)sc1C. The van der Waals surface area contributed by atoms with Crippen LogP contribution < -0.4 is 9.62 Å². The fourth-order valence-electron chi connectivity index (χ4n) is 2.86. The maximum Gasteiger partial charge on any atom is 0.280 e. The van der Waals surface area contributed by atoms with Gasteiger partial charge in [0.1, 0.15) is 11.4 Å². The van der Waals surface area contributed by atoms with Crippen LogP contribution in [0, 0.1) is 18.3 Å². The Morgan fingerprint density at radius 1 is 1.28 bits per heavy atom. The minimum Gasteiger partial charge on any atom is -0.508 e. The van der Waals surface area contributed by atoms with Gasteiger partial charge in [0.05, 0.1) is 11.6 Å². The molecule has 2 N–H and O–H groups in total. The molecule has 148 valence electrons. The first-order valence-corrected chi connectivity index (χ1v) is 10.9. The highest BCUT2D eigenvalue weighted by atomic mass is 32.2. The van der Waals surface area contributed by atoms with Gasteiger partial charge in [-0.1, -0.05) is 30.1 Å². The summed E-state index contributed by atoms with van der Waals surface area (Å²) in [5.41, 5.74) is 2.68. The number of carbonyl (C=O) groups excluding carboxylic acids is 1. The molecule has 0 saturated heterocycles. The second kappa shape index (κ2) is 9.45. The Bertz CT molecular complexity index is 1040. The Morgan fingerprint density at radius 2 is 2.00 bits per heavy atom. The van der Waals surface area contributed by atoms with Crippen molar-refractivity contribution in [1.82, 2.24) is 9.71 Å². The van der Waals surface area contributed by atoms with Crippen molar-refractivity contribution in [1.29, 1.82) is 5.26 Å². The van der Waals surface area contributed by atoms with Crippen LogP contribution in [0.25, 0.3) is 0 Å². The van der Waals surface area contributed by atoms with E-state index in [4.69, 9.17) is 5.26 Å². The first-order valence-electron chi connectivity index (χ1n) is 8.88. The monoisotopic (exact) mass is 424 g/mol. The van der Waals surface area contributed by atoms with Crippen molar-refractivity contribution in [3.05, 3.63) is 70.2 Å². The minimum atomic E-state index is -0.224. The Hall–Kier alpha value is -3.02. The van der Waals surface area contributed by atoms with E-state index in [1.165, 1.54) is 23.3 Å². The van der Waals surface area contributed by atoms with Crippen LogP contribution in [-0.2, 0) is 6.42 Å². The molecule has 0 atom stereocenters. The van der Waals surface area contributed by atoms with Crippen LogP contribution in [0.5, 0.6) is 5.75 Å². The van der Waals surface area contributed by atoms with Crippen LogP contribution in [0.2, 0.25) is 0 Å². The molecule has 1 heterocycles. The van der Waals surface area contributed by atoms with E-state index in [9.17, 15) is 9.90 Å². The van der Waals surface area contributed by atoms with Gasteiger partial charge in [-0.05, 0) is 49.2 Å². The number of nitriles is 1. The van der Waals surface area contributed by atoms with Gasteiger partial charge in [-0.2, -0.15) is 5.26 Å². The summed E-state index contributed by atoms with van der Waals surface area (Å²) in [5.74, 6) is 0.0283. The van der Waals surface area contributed by atoms with Gasteiger partial charge in [-0.3, -0.25) is 9.52 Å². The summed E-state index contributed by atoms with van der Waals surface area (Å²) in [6, 6.07) is 16.6. The van der Waals surface area contributed by atoms with Gasteiger partial charge < -0.3 is 10.0 Å². The number of nitrogens with one attached hydrogen (secondary N) is 1. The lowest BCUT2D eigenvalue weighted by atomic mass is 10.1. The van der Waals surface area contributed by atoms with Crippen molar-refractivity contribution < 1.29 is 9.90 Å². The maximum atomic E-state index is 12.3. The summed E-state index contributed by atoms with van der Waals surface area (Å²) in [7, 11) is 0. The number of rotatable bonds is 7. The molecular formula is C21H20N4O2S2. The normalized spacial score (nSPS) is 10.4. The lowest BCUT2D eigenvalue weighted by Gasteiger charge is -2.22. The first-order chi connectivity index (χ1) is 14.0. The molecule has 0 aliphatic heterocycles. The van der Waals surface area contributed by atoms with E-state index < -0.39 is 0 Å². The number of nitrogens with zero attached hydrogens (tertiary/aromatic N) is 3. The third-order valence-corrected chi connectivity index (χ3v) is 5.71. The third-order valence-electron chi connectivity index (χ3n) is 4.33. The lowest BCUT2D eigenvalue weighted by molar-refractivity contribution is 0.0980. The summed E-state index contributed by atoms with van der Waals surface area (Å²) in [6.07, 6.45) is 2.38. The van der Waals surface area contributed by atoms with Crippen molar-refractivity contribution in [2.24, 2.45) is 0 Å². The predicted molar refractivity (Wildman–Crippen MR) is 118 cm³/mol. The molecule has 1 aromatic heterocycles. The van der Waals surface area contributed by atoms with Gasteiger partial charge in [0.25, 0.3) is 5.91 Å². The van der Waals surface area contributed by atoms with Gasteiger partial charge in [-0.15, -0.1) is 11.3 Å². The maximum absolute atomic E-state index is 12.3. The molecule has 0 aliphatic rings. The number of aromatic hydroxyl groups is 1. The van der Waals surface area contributed by atoms with E-state index in [1.807, 2.05) is 36.1 Å². The molecular weight excluding hydrogens is 404 g/mol. The highest BCUT2D eigenvalue weighted by Crippen LogP contribution is 2.32. The third kappa shape index (κ3) is 4.88. The van der Waals surface area contributed by atoms with Crippen LogP contribution in [-0.4, -0.2) is 28.8 Å². The molecule has 8 heteroatoms. The molecule has 3 aromatic rings. The molecule has 3 rings (SSSR count). The van der Waals surface area contributed by atoms with E-state index in [1.54, 1.807) is 30.5 Å². The number of hydrogen-bond acceptors (Lipinski definition) is 7. The van der Waals surface area contributed by atoms with Crippen LogP contribution >= 0.6 is 23.3 Å². The number of carbonyl (C=O) groups is 1. The number of phenols is 1. The Balaban J connectivity index is 1.94. The van der Waals surface area contributed by atoms with E-state index >= 15 is 0 Å². The van der Waals surface area contributed by atoms with Crippen molar-refractivity contribution in [2.75, 3.05) is 17.7 Å². The Labute approximate surface area is 178 Å². The second-order valence-electron chi connectivity index (χ2n) is 6.23. The van der Waals surface area contributed by atoms with E-state index in [0.717, 1.165) is 16.1 Å². The Morgan fingerprint density at radius 3 is 2.66 bits per heavy atom. The fourth-order valence-corrected chi connectivity index (χ4v) is 4.09. The quantitative estimate of drug-likeness (QED) is 0.546. The molecule has 0 radical (unpaired) electrons. The van der Waals surface area contributed by atoms with Crippen LogP contribution in [0.3, 0.4) is 0 Å². The average Bonchev–Trinajstić information content (AvgIpc) is 3.11. The zero-order chi connectivity index (χ0) is 20.8. The zero-order valence-electron chi connectivity index (χ0n) is 16.0. The predicted octanol–water partition coefficient (Wildman–Crippen LogP) is 4.42. The van der Waals surface area contributed by atoms with Gasteiger partial charge in [0.2, 0.25) is 0 Å². The van der Waals surface area contributed by atoms with Gasteiger partial charge in [-0.25, -0.2) is 4.98 Å². The number of hydrogen-bond donors (Lipinski definition) is 2. The molecule has 0 saturated carbocycles. The summed E-state index contributed by atoms with van der Waals surface area (Å²) >= 11 is 2.67. The summed E-state index contributed by atoms with van der Waals surface area (Å²) in [4.78, 5) is 19.7. The largest absolute Gasteiger partial charge is 0.508 e. The van der Waals surface area contributed by atoms with Crippen molar-refractivity contribution >= 4 is 40.0 Å². The number of phenolic OH excluding ortho intramolecular Hbond substituents is 1. The number of aryl methyl sites for hydroxylation is 1. The fraction of sp³-hybridized carbons (Fsp3) is 0.190. The molecule has 0 fully saturated rings. The molecule has 6 nitrogen and oxygen atoms in total. The van der Waals surface area contributed by atoms with Gasteiger partial charge >= 0.3 is 0 Å². The topological polar surface area (TPSA) is 89.2 Å². The number of thiazole rings is 1. The molecule has 0 unspecified atom stereocenters. The minimum absolute atomic E-state index is 0.224. The average molecular weight is 425 g/mol. The molecule has 1 amide bonds. The van der Waals surface area contributed by atoms with Crippen molar-refractivity contribution in [2.45, 2.75) is 13.3 Å². The molecule has 29 heavy (non-hydrogen) atoms. The van der Waals surface area contributed by atoms with E-state index in [-0.39, 0.29) is 11.7 Å². The number of para-hydroxylation sites is 1. The number of amides is 1. The van der Waals surface area contributed by atoms with Crippen molar-refractivity contribution in [3.8, 4) is 11.8 Å². The number of anilines is 2. The highest BCUT2D eigenvalue weighted by Gasteiger charge is 2.20. The van der Waals surface area contributed by atoms with Crippen LogP contribution in [0.15, 0.2) is 48.5 Å². The summed E-state index contributed by atoms with van der Waals surface area (Å²) in [5, 5.41) is 19.8.